The number of hydrogen-bond acceptors (Lipinski definition) is 1. The number of fused-ring (bicyclic) bond motifs is 1. The molecule has 1 heterocycles. The van der Waals surface area contributed by atoms with E-state index in [1.165, 1.54) is 5.56 Å². The van der Waals surface area contributed by atoms with Crippen LogP contribution in [-0.2, 0) is 6.42 Å². The first kappa shape index (κ1) is 10.6. The van der Waals surface area contributed by atoms with Crippen molar-refractivity contribution in [1.29, 1.82) is 0 Å². The van der Waals surface area contributed by atoms with Gasteiger partial charge in [-0.05, 0) is 42.5 Å². The number of hydrogen-bond donors (Lipinski definition) is 1. The summed E-state index contributed by atoms with van der Waals surface area (Å²) >= 11 is 0. The quantitative estimate of drug-likeness (QED) is 0.746. The van der Waals surface area contributed by atoms with Crippen molar-refractivity contribution in [3.8, 4) is 0 Å². The van der Waals surface area contributed by atoms with E-state index in [1.54, 1.807) is 12.1 Å². The molecule has 2 rings (SSSR count). The summed E-state index contributed by atoms with van der Waals surface area (Å²) in [4.78, 5) is 0. The van der Waals surface area contributed by atoms with Crippen molar-refractivity contribution in [2.45, 2.75) is 39.3 Å². The van der Waals surface area contributed by atoms with Gasteiger partial charge >= 0.3 is 0 Å². The summed E-state index contributed by atoms with van der Waals surface area (Å²) in [5.74, 6) is 0.365. The molecule has 82 valence electrons. The average molecular weight is 207 g/mol. The molecule has 1 aliphatic heterocycles. The van der Waals surface area contributed by atoms with E-state index in [9.17, 15) is 4.39 Å². The van der Waals surface area contributed by atoms with Gasteiger partial charge in [-0.2, -0.15) is 0 Å². The van der Waals surface area contributed by atoms with Crippen LogP contribution in [0, 0.1) is 11.7 Å². The van der Waals surface area contributed by atoms with Crippen LogP contribution >= 0.6 is 0 Å². The van der Waals surface area contributed by atoms with Crippen LogP contribution in [-0.4, -0.2) is 6.04 Å². The molecule has 1 aliphatic rings. The summed E-state index contributed by atoms with van der Waals surface area (Å²) in [5, 5.41) is 3.53. The lowest BCUT2D eigenvalue weighted by Gasteiger charge is -2.34. The van der Waals surface area contributed by atoms with Crippen molar-refractivity contribution >= 4 is 0 Å². The van der Waals surface area contributed by atoms with E-state index in [0.717, 1.165) is 12.0 Å². The molecule has 2 unspecified atom stereocenters. The summed E-state index contributed by atoms with van der Waals surface area (Å²) in [7, 11) is 0. The van der Waals surface area contributed by atoms with Gasteiger partial charge in [-0.15, -0.1) is 0 Å². The summed E-state index contributed by atoms with van der Waals surface area (Å²) in [6, 6.07) is 5.94. The first-order chi connectivity index (χ1) is 7.08. The average Bonchev–Trinajstić information content (AvgIpc) is 2.17. The second kappa shape index (κ2) is 3.93. The molecular weight excluding hydrogens is 189 g/mol. The Hall–Kier alpha value is -0.890. The molecule has 0 bridgehead atoms. The van der Waals surface area contributed by atoms with Crippen LogP contribution in [0.2, 0.25) is 0 Å². The molecule has 1 aromatic carbocycles. The standard InChI is InChI=1S/C13H18FN/c1-8(2)13-12-7-11(14)5-4-10(12)6-9(3)15-13/h4-5,7-9,13,15H,6H2,1-3H3. The van der Waals surface area contributed by atoms with Gasteiger partial charge in [0, 0.05) is 12.1 Å². The molecule has 0 amide bonds. The predicted molar refractivity (Wildman–Crippen MR) is 60.3 cm³/mol. The maximum absolute atomic E-state index is 13.2. The lowest BCUT2D eigenvalue weighted by molar-refractivity contribution is 0.344. The third-order valence-electron chi connectivity index (χ3n) is 3.10. The molecule has 0 aromatic heterocycles. The SMILES string of the molecule is CC1Cc2ccc(F)cc2C(C(C)C)N1. The molecule has 2 heteroatoms. The third-order valence-corrected chi connectivity index (χ3v) is 3.10. The van der Waals surface area contributed by atoms with E-state index in [1.807, 2.05) is 6.07 Å². The second-order valence-corrected chi connectivity index (χ2v) is 4.84. The van der Waals surface area contributed by atoms with Crippen LogP contribution in [0.3, 0.4) is 0 Å². The fraction of sp³-hybridized carbons (Fsp3) is 0.538. The predicted octanol–water partition coefficient (Wildman–Crippen LogP) is 3.06. The zero-order valence-electron chi connectivity index (χ0n) is 9.55. The van der Waals surface area contributed by atoms with Crippen LogP contribution in [0.5, 0.6) is 0 Å². The van der Waals surface area contributed by atoms with Gasteiger partial charge in [-0.1, -0.05) is 19.9 Å². The summed E-state index contributed by atoms with van der Waals surface area (Å²) in [6.07, 6.45) is 0.999. The number of rotatable bonds is 1. The van der Waals surface area contributed by atoms with Gasteiger partial charge in [0.1, 0.15) is 5.82 Å². The van der Waals surface area contributed by atoms with Crippen molar-refractivity contribution in [2.75, 3.05) is 0 Å². The molecule has 0 saturated carbocycles. The molecule has 0 spiro atoms. The highest BCUT2D eigenvalue weighted by molar-refractivity contribution is 5.34. The summed E-state index contributed by atoms with van der Waals surface area (Å²) in [6.45, 7) is 6.52. The molecule has 15 heavy (non-hydrogen) atoms. The van der Waals surface area contributed by atoms with Crippen molar-refractivity contribution in [1.82, 2.24) is 5.32 Å². The number of halogens is 1. The molecule has 2 atom stereocenters. The minimum atomic E-state index is -0.129. The Bertz CT molecular complexity index is 360. The van der Waals surface area contributed by atoms with Crippen molar-refractivity contribution in [2.24, 2.45) is 5.92 Å². The van der Waals surface area contributed by atoms with Crippen LogP contribution in [0.4, 0.5) is 4.39 Å². The van der Waals surface area contributed by atoms with Gasteiger partial charge in [0.25, 0.3) is 0 Å². The molecule has 1 N–H and O–H groups in total. The smallest absolute Gasteiger partial charge is 0.123 e. The maximum atomic E-state index is 13.2. The molecule has 0 radical (unpaired) electrons. The van der Waals surface area contributed by atoms with Crippen molar-refractivity contribution in [3.05, 3.63) is 35.1 Å². The van der Waals surface area contributed by atoms with Gasteiger partial charge in [0.15, 0.2) is 0 Å². The Balaban J connectivity index is 2.43. The van der Waals surface area contributed by atoms with E-state index in [0.29, 0.717) is 18.0 Å². The van der Waals surface area contributed by atoms with E-state index < -0.39 is 0 Å². The van der Waals surface area contributed by atoms with Crippen molar-refractivity contribution < 1.29 is 4.39 Å². The van der Waals surface area contributed by atoms with Gasteiger partial charge in [0.05, 0.1) is 0 Å². The number of benzene rings is 1. The van der Waals surface area contributed by atoms with E-state index in [-0.39, 0.29) is 5.82 Å². The topological polar surface area (TPSA) is 12.0 Å². The van der Waals surface area contributed by atoms with Crippen LogP contribution < -0.4 is 5.32 Å². The Morgan fingerprint density at radius 3 is 2.80 bits per heavy atom. The summed E-state index contributed by atoms with van der Waals surface area (Å²) in [5.41, 5.74) is 2.43. The highest BCUT2D eigenvalue weighted by Crippen LogP contribution is 2.30. The minimum absolute atomic E-state index is 0.129. The van der Waals surface area contributed by atoms with Gasteiger partial charge in [-0.3, -0.25) is 0 Å². The zero-order valence-corrected chi connectivity index (χ0v) is 9.55. The lowest BCUT2D eigenvalue weighted by atomic mass is 9.85. The van der Waals surface area contributed by atoms with Crippen LogP contribution in [0.15, 0.2) is 18.2 Å². The Morgan fingerprint density at radius 1 is 1.40 bits per heavy atom. The summed E-state index contributed by atoms with van der Waals surface area (Å²) < 4.78 is 13.2. The second-order valence-electron chi connectivity index (χ2n) is 4.84. The van der Waals surface area contributed by atoms with E-state index in [2.05, 4.69) is 26.1 Å². The normalized spacial score (nSPS) is 25.4. The molecular formula is C13H18FN. The first-order valence-corrected chi connectivity index (χ1v) is 5.62. The largest absolute Gasteiger partial charge is 0.307 e. The van der Waals surface area contributed by atoms with Crippen LogP contribution in [0.1, 0.15) is 37.9 Å². The lowest BCUT2D eigenvalue weighted by Crippen LogP contribution is -2.39. The molecule has 0 saturated heterocycles. The molecule has 1 aromatic rings. The fourth-order valence-corrected chi connectivity index (χ4v) is 2.38. The maximum Gasteiger partial charge on any atom is 0.123 e. The highest BCUT2D eigenvalue weighted by Gasteiger charge is 2.26. The van der Waals surface area contributed by atoms with Gasteiger partial charge in [0.2, 0.25) is 0 Å². The van der Waals surface area contributed by atoms with E-state index in [4.69, 9.17) is 0 Å². The fourth-order valence-electron chi connectivity index (χ4n) is 2.38. The van der Waals surface area contributed by atoms with Crippen molar-refractivity contribution in [3.63, 3.8) is 0 Å². The minimum Gasteiger partial charge on any atom is -0.307 e. The van der Waals surface area contributed by atoms with Gasteiger partial charge in [-0.25, -0.2) is 4.39 Å². The Kier molecular flexibility index (Phi) is 2.79. The Morgan fingerprint density at radius 2 is 2.13 bits per heavy atom. The number of nitrogens with one attached hydrogen (secondary N) is 1. The van der Waals surface area contributed by atoms with E-state index >= 15 is 0 Å². The monoisotopic (exact) mass is 207 g/mol. The molecule has 1 nitrogen and oxygen atoms in total. The zero-order chi connectivity index (χ0) is 11.0. The Labute approximate surface area is 90.7 Å². The third kappa shape index (κ3) is 2.05. The highest BCUT2D eigenvalue weighted by atomic mass is 19.1. The molecule has 0 fully saturated rings. The molecule has 0 aliphatic carbocycles. The first-order valence-electron chi connectivity index (χ1n) is 5.62. The van der Waals surface area contributed by atoms with Crippen LogP contribution in [0.25, 0.3) is 0 Å². The van der Waals surface area contributed by atoms with Gasteiger partial charge < -0.3 is 5.32 Å².